The number of nitrogens with one attached hydrogen (secondary N) is 1. The van der Waals surface area contributed by atoms with E-state index >= 15 is 0 Å². The highest BCUT2D eigenvalue weighted by Gasteiger charge is 2.17. The van der Waals surface area contributed by atoms with E-state index in [0.717, 1.165) is 0 Å². The van der Waals surface area contributed by atoms with Crippen LogP contribution in [0.4, 0.5) is 0 Å². The molecule has 106 valence electrons. The summed E-state index contributed by atoms with van der Waals surface area (Å²) in [6, 6.07) is 4.21. The molecule has 0 saturated carbocycles. The highest BCUT2D eigenvalue weighted by Crippen LogP contribution is 2.19. The van der Waals surface area contributed by atoms with Crippen molar-refractivity contribution >= 4 is 25.6 Å². The van der Waals surface area contributed by atoms with Crippen molar-refractivity contribution in [2.75, 3.05) is 6.54 Å². The molecule has 1 rings (SSSR count). The first kappa shape index (κ1) is 16.0. The van der Waals surface area contributed by atoms with Crippen LogP contribution >= 0.6 is 10.7 Å². The van der Waals surface area contributed by atoms with Gasteiger partial charge in [0.2, 0.25) is 0 Å². The van der Waals surface area contributed by atoms with E-state index < -0.39 is 9.05 Å². The van der Waals surface area contributed by atoms with Crippen molar-refractivity contribution in [3.05, 3.63) is 29.3 Å². The normalized spacial score (nSPS) is 12.3. The van der Waals surface area contributed by atoms with Crippen LogP contribution in [-0.4, -0.2) is 20.9 Å². The molecule has 0 bridgehead atoms. The fourth-order valence-electron chi connectivity index (χ4n) is 1.48. The predicted molar refractivity (Wildman–Crippen MR) is 76.0 cm³/mol. The van der Waals surface area contributed by atoms with Gasteiger partial charge in [0.05, 0.1) is 4.90 Å². The predicted octanol–water partition coefficient (Wildman–Crippen LogP) is 2.70. The molecule has 6 heteroatoms. The molecule has 1 amide bonds. The molecule has 0 aliphatic heterocycles. The van der Waals surface area contributed by atoms with Gasteiger partial charge < -0.3 is 5.32 Å². The summed E-state index contributed by atoms with van der Waals surface area (Å²) in [5.74, 6) is -0.217. The third kappa shape index (κ3) is 4.84. The van der Waals surface area contributed by atoms with E-state index in [-0.39, 0.29) is 16.2 Å². The van der Waals surface area contributed by atoms with Crippen LogP contribution in [0.15, 0.2) is 23.1 Å². The van der Waals surface area contributed by atoms with Crippen molar-refractivity contribution < 1.29 is 13.2 Å². The summed E-state index contributed by atoms with van der Waals surface area (Å²) in [5.41, 5.74) is 1.02. The molecular formula is C13H18ClNO3S. The van der Waals surface area contributed by atoms with Gasteiger partial charge in [-0.3, -0.25) is 4.79 Å². The summed E-state index contributed by atoms with van der Waals surface area (Å²) < 4.78 is 22.4. The summed E-state index contributed by atoms with van der Waals surface area (Å²) in [6.07, 6.45) is 0. The number of carbonyl (C=O) groups excluding carboxylic acids is 1. The molecule has 19 heavy (non-hydrogen) atoms. The SMILES string of the molecule is Cc1cc(S(=O)(=O)Cl)ccc1C(=O)NCC(C)(C)C. The molecule has 1 N–H and O–H groups in total. The lowest BCUT2D eigenvalue weighted by Crippen LogP contribution is -2.32. The minimum atomic E-state index is -3.76. The number of hydrogen-bond acceptors (Lipinski definition) is 3. The number of rotatable bonds is 3. The van der Waals surface area contributed by atoms with Crippen molar-refractivity contribution in [2.24, 2.45) is 5.41 Å². The Labute approximate surface area is 118 Å². The van der Waals surface area contributed by atoms with Crippen molar-refractivity contribution in [3.63, 3.8) is 0 Å². The van der Waals surface area contributed by atoms with E-state index in [2.05, 4.69) is 5.32 Å². The molecule has 0 heterocycles. The third-order valence-electron chi connectivity index (χ3n) is 2.50. The van der Waals surface area contributed by atoms with Gasteiger partial charge in [-0.1, -0.05) is 20.8 Å². The van der Waals surface area contributed by atoms with Crippen molar-refractivity contribution in [2.45, 2.75) is 32.6 Å². The zero-order chi connectivity index (χ0) is 14.8. The van der Waals surface area contributed by atoms with Gasteiger partial charge >= 0.3 is 0 Å². The van der Waals surface area contributed by atoms with E-state index in [1.165, 1.54) is 18.2 Å². The molecule has 0 atom stereocenters. The number of benzene rings is 1. The number of hydrogen-bond donors (Lipinski definition) is 1. The van der Waals surface area contributed by atoms with E-state index in [1.54, 1.807) is 6.92 Å². The molecule has 0 aromatic heterocycles. The van der Waals surface area contributed by atoms with Gasteiger partial charge in [-0.05, 0) is 36.1 Å². The molecule has 4 nitrogen and oxygen atoms in total. The first-order valence-corrected chi connectivity index (χ1v) is 8.15. The number of aryl methyl sites for hydroxylation is 1. The van der Waals surface area contributed by atoms with Crippen LogP contribution in [0.25, 0.3) is 0 Å². The summed E-state index contributed by atoms with van der Waals surface area (Å²) in [6.45, 7) is 8.27. The fourth-order valence-corrected chi connectivity index (χ4v) is 2.32. The average molecular weight is 304 g/mol. The maximum atomic E-state index is 12.0. The van der Waals surface area contributed by atoms with Crippen molar-refractivity contribution in [1.82, 2.24) is 5.32 Å². The Morgan fingerprint density at radius 1 is 1.32 bits per heavy atom. The Morgan fingerprint density at radius 3 is 2.32 bits per heavy atom. The zero-order valence-corrected chi connectivity index (χ0v) is 13.0. The smallest absolute Gasteiger partial charge is 0.261 e. The second-order valence-corrected chi connectivity index (χ2v) is 8.22. The van der Waals surface area contributed by atoms with E-state index in [1.807, 2.05) is 20.8 Å². The first-order chi connectivity index (χ1) is 8.50. The first-order valence-electron chi connectivity index (χ1n) is 5.84. The largest absolute Gasteiger partial charge is 0.352 e. The van der Waals surface area contributed by atoms with Crippen molar-refractivity contribution in [3.8, 4) is 0 Å². The lowest BCUT2D eigenvalue weighted by molar-refractivity contribution is 0.0938. The molecule has 0 aliphatic rings. The minimum absolute atomic E-state index is 0.000891. The minimum Gasteiger partial charge on any atom is -0.352 e. The van der Waals surface area contributed by atoms with Crippen LogP contribution in [0.1, 0.15) is 36.7 Å². The lowest BCUT2D eigenvalue weighted by Gasteiger charge is -2.19. The van der Waals surface area contributed by atoms with Gasteiger partial charge in [-0.15, -0.1) is 0 Å². The Bertz CT molecular complexity index is 588. The Balaban J connectivity index is 2.95. The molecule has 0 saturated heterocycles. The average Bonchev–Trinajstić information content (AvgIpc) is 2.23. The van der Waals surface area contributed by atoms with Gasteiger partial charge in [0.25, 0.3) is 15.0 Å². The Kier molecular flexibility index (Phi) is 4.63. The van der Waals surface area contributed by atoms with Crippen LogP contribution in [0.2, 0.25) is 0 Å². The summed E-state index contributed by atoms with van der Waals surface area (Å²) >= 11 is 0. The summed E-state index contributed by atoms with van der Waals surface area (Å²) in [4.78, 5) is 12.0. The van der Waals surface area contributed by atoms with Crippen LogP contribution in [0, 0.1) is 12.3 Å². The molecule has 1 aromatic carbocycles. The van der Waals surface area contributed by atoms with Gasteiger partial charge in [-0.25, -0.2) is 8.42 Å². The van der Waals surface area contributed by atoms with Crippen LogP contribution in [0.5, 0.6) is 0 Å². The molecule has 0 aliphatic carbocycles. The van der Waals surface area contributed by atoms with Crippen LogP contribution in [0.3, 0.4) is 0 Å². The maximum absolute atomic E-state index is 12.0. The second kappa shape index (κ2) is 5.51. The van der Waals surface area contributed by atoms with E-state index in [4.69, 9.17) is 10.7 Å². The number of amides is 1. The topological polar surface area (TPSA) is 63.2 Å². The number of halogens is 1. The molecule has 0 unspecified atom stereocenters. The van der Waals surface area contributed by atoms with Gasteiger partial charge in [0.15, 0.2) is 0 Å². The fraction of sp³-hybridized carbons (Fsp3) is 0.462. The van der Waals surface area contributed by atoms with Gasteiger partial charge in [0, 0.05) is 22.8 Å². The van der Waals surface area contributed by atoms with Crippen LogP contribution in [-0.2, 0) is 9.05 Å². The highest BCUT2D eigenvalue weighted by atomic mass is 35.7. The van der Waals surface area contributed by atoms with Crippen molar-refractivity contribution in [1.29, 1.82) is 0 Å². The lowest BCUT2D eigenvalue weighted by atomic mass is 9.96. The standard InChI is InChI=1S/C13H18ClNO3S/c1-9-7-10(19(14,17)18)5-6-11(9)12(16)15-8-13(2,3)4/h5-7H,8H2,1-4H3,(H,15,16). The highest BCUT2D eigenvalue weighted by molar-refractivity contribution is 8.13. The van der Waals surface area contributed by atoms with E-state index in [0.29, 0.717) is 17.7 Å². The quantitative estimate of drug-likeness (QED) is 0.873. The molecule has 1 aromatic rings. The third-order valence-corrected chi connectivity index (χ3v) is 3.85. The zero-order valence-electron chi connectivity index (χ0n) is 11.5. The number of carbonyl (C=O) groups is 1. The van der Waals surface area contributed by atoms with Gasteiger partial charge in [-0.2, -0.15) is 0 Å². The van der Waals surface area contributed by atoms with E-state index in [9.17, 15) is 13.2 Å². The van der Waals surface area contributed by atoms with Crippen LogP contribution < -0.4 is 5.32 Å². The molecule has 0 fully saturated rings. The molecule has 0 spiro atoms. The molecular weight excluding hydrogens is 286 g/mol. The maximum Gasteiger partial charge on any atom is 0.261 e. The monoisotopic (exact) mass is 303 g/mol. The van der Waals surface area contributed by atoms with Gasteiger partial charge in [0.1, 0.15) is 0 Å². The summed E-state index contributed by atoms with van der Waals surface area (Å²) in [5, 5.41) is 2.82. The molecule has 0 radical (unpaired) electrons. The Hall–Kier alpha value is -1.07. The summed E-state index contributed by atoms with van der Waals surface area (Å²) in [7, 11) is 1.49. The Morgan fingerprint density at radius 2 is 1.89 bits per heavy atom. The second-order valence-electron chi connectivity index (χ2n) is 5.66.